The normalized spacial score (nSPS) is 20.6. The second-order valence-corrected chi connectivity index (χ2v) is 5.09. The molecule has 1 amide bonds. The second-order valence-electron chi connectivity index (χ2n) is 5.09. The van der Waals surface area contributed by atoms with Gasteiger partial charge in [0.05, 0.1) is 0 Å². The number of benzene rings is 1. The van der Waals surface area contributed by atoms with Gasteiger partial charge in [0.15, 0.2) is 11.5 Å². The van der Waals surface area contributed by atoms with Crippen LogP contribution in [0.2, 0.25) is 0 Å². The van der Waals surface area contributed by atoms with E-state index in [9.17, 15) is 4.79 Å². The zero-order valence-corrected chi connectivity index (χ0v) is 11.0. The fourth-order valence-electron chi connectivity index (χ4n) is 2.51. The van der Waals surface area contributed by atoms with Crippen molar-refractivity contribution in [2.45, 2.75) is 13.3 Å². The molecule has 5 nitrogen and oxygen atoms in total. The van der Waals surface area contributed by atoms with Crippen LogP contribution in [0.15, 0.2) is 12.1 Å². The van der Waals surface area contributed by atoms with Crippen molar-refractivity contribution in [1.82, 2.24) is 10.6 Å². The number of fused-ring (bicyclic) bond motifs is 1. The van der Waals surface area contributed by atoms with Gasteiger partial charge in [0, 0.05) is 12.1 Å². The molecule has 2 N–H and O–H groups in total. The molecule has 1 fully saturated rings. The van der Waals surface area contributed by atoms with Crippen LogP contribution in [0.5, 0.6) is 11.5 Å². The highest BCUT2D eigenvalue weighted by molar-refractivity contribution is 5.96. The third-order valence-electron chi connectivity index (χ3n) is 3.68. The maximum atomic E-state index is 12.2. The van der Waals surface area contributed by atoms with Crippen molar-refractivity contribution in [1.29, 1.82) is 0 Å². The molecule has 0 bridgehead atoms. The minimum Gasteiger partial charge on any atom is -0.454 e. The molecule has 2 heterocycles. The number of carbonyl (C=O) groups is 1. The molecule has 0 spiro atoms. The van der Waals surface area contributed by atoms with E-state index in [1.165, 1.54) is 0 Å². The van der Waals surface area contributed by atoms with Crippen LogP contribution < -0.4 is 20.1 Å². The summed E-state index contributed by atoms with van der Waals surface area (Å²) in [7, 11) is 0. The Kier molecular flexibility index (Phi) is 3.29. The summed E-state index contributed by atoms with van der Waals surface area (Å²) in [6.07, 6.45) is 1.13. The Morgan fingerprint density at radius 1 is 1.42 bits per heavy atom. The molecule has 102 valence electrons. The number of nitrogens with one attached hydrogen (secondary N) is 2. The van der Waals surface area contributed by atoms with E-state index in [4.69, 9.17) is 9.47 Å². The maximum Gasteiger partial charge on any atom is 0.251 e. The smallest absolute Gasteiger partial charge is 0.251 e. The average Bonchev–Trinajstić information content (AvgIpc) is 3.05. The highest BCUT2D eigenvalue weighted by Crippen LogP contribution is 2.34. The molecule has 0 radical (unpaired) electrons. The van der Waals surface area contributed by atoms with Gasteiger partial charge >= 0.3 is 0 Å². The van der Waals surface area contributed by atoms with Crippen LogP contribution in [0.25, 0.3) is 0 Å². The van der Waals surface area contributed by atoms with Crippen LogP contribution in [0.4, 0.5) is 0 Å². The van der Waals surface area contributed by atoms with Crippen molar-refractivity contribution >= 4 is 5.91 Å². The monoisotopic (exact) mass is 262 g/mol. The van der Waals surface area contributed by atoms with E-state index in [1.807, 2.05) is 13.0 Å². The number of carbonyl (C=O) groups excluding carboxylic acids is 1. The van der Waals surface area contributed by atoms with Gasteiger partial charge in [-0.3, -0.25) is 4.79 Å². The van der Waals surface area contributed by atoms with E-state index < -0.39 is 0 Å². The Morgan fingerprint density at radius 2 is 2.21 bits per heavy atom. The molecule has 0 aliphatic carbocycles. The first-order valence-electron chi connectivity index (χ1n) is 6.63. The van der Waals surface area contributed by atoms with Gasteiger partial charge in [0.2, 0.25) is 6.79 Å². The summed E-state index contributed by atoms with van der Waals surface area (Å²) in [5.74, 6) is 1.87. The van der Waals surface area contributed by atoms with Gasteiger partial charge in [0.1, 0.15) is 0 Å². The summed E-state index contributed by atoms with van der Waals surface area (Å²) in [5, 5.41) is 6.29. The predicted octanol–water partition coefficient (Wildman–Crippen LogP) is 1.06. The van der Waals surface area contributed by atoms with Crippen LogP contribution in [-0.4, -0.2) is 32.3 Å². The summed E-state index contributed by atoms with van der Waals surface area (Å²) in [5.41, 5.74) is 1.57. The third-order valence-corrected chi connectivity index (χ3v) is 3.68. The minimum absolute atomic E-state index is 0.0392. The minimum atomic E-state index is -0.0392. The summed E-state index contributed by atoms with van der Waals surface area (Å²) in [4.78, 5) is 12.2. The summed E-state index contributed by atoms with van der Waals surface area (Å²) in [6.45, 7) is 4.89. The standard InChI is InChI=1S/C14H18N2O3/c1-9-4-12-13(19-8-18-12)5-11(9)14(17)16-7-10-2-3-15-6-10/h4-5,10,15H,2-3,6-8H2,1H3,(H,16,17). The van der Waals surface area contributed by atoms with E-state index in [1.54, 1.807) is 6.07 Å². The average molecular weight is 262 g/mol. The number of rotatable bonds is 3. The second kappa shape index (κ2) is 5.09. The van der Waals surface area contributed by atoms with E-state index in [0.717, 1.165) is 31.6 Å². The van der Waals surface area contributed by atoms with Gasteiger partial charge in [-0.05, 0) is 50.0 Å². The highest BCUT2D eigenvalue weighted by atomic mass is 16.7. The lowest BCUT2D eigenvalue weighted by molar-refractivity contribution is 0.0947. The number of amides is 1. The largest absolute Gasteiger partial charge is 0.454 e. The molecule has 5 heteroatoms. The Bertz CT molecular complexity index is 496. The quantitative estimate of drug-likeness (QED) is 0.855. The van der Waals surface area contributed by atoms with Gasteiger partial charge < -0.3 is 20.1 Å². The fourth-order valence-corrected chi connectivity index (χ4v) is 2.51. The van der Waals surface area contributed by atoms with E-state index in [0.29, 0.717) is 23.0 Å². The van der Waals surface area contributed by atoms with Crippen LogP contribution in [-0.2, 0) is 0 Å². The van der Waals surface area contributed by atoms with Crippen LogP contribution >= 0.6 is 0 Å². The summed E-state index contributed by atoms with van der Waals surface area (Å²) in [6, 6.07) is 3.62. The van der Waals surface area contributed by atoms with E-state index in [2.05, 4.69) is 10.6 Å². The van der Waals surface area contributed by atoms with E-state index in [-0.39, 0.29) is 12.7 Å². The highest BCUT2D eigenvalue weighted by Gasteiger charge is 2.20. The van der Waals surface area contributed by atoms with Crippen molar-refractivity contribution in [2.24, 2.45) is 5.92 Å². The van der Waals surface area contributed by atoms with Gasteiger partial charge in [-0.25, -0.2) is 0 Å². The topological polar surface area (TPSA) is 59.6 Å². The molecule has 1 aromatic rings. The molecule has 2 aliphatic rings. The first-order valence-corrected chi connectivity index (χ1v) is 6.63. The zero-order valence-electron chi connectivity index (χ0n) is 11.0. The van der Waals surface area contributed by atoms with Gasteiger partial charge in [0.25, 0.3) is 5.91 Å². The molecule has 2 aliphatic heterocycles. The predicted molar refractivity (Wildman–Crippen MR) is 70.6 cm³/mol. The number of hydrogen-bond donors (Lipinski definition) is 2. The molecule has 0 aromatic heterocycles. The number of hydrogen-bond acceptors (Lipinski definition) is 4. The Hall–Kier alpha value is -1.75. The molecule has 1 saturated heterocycles. The van der Waals surface area contributed by atoms with Crippen LogP contribution in [0.1, 0.15) is 22.3 Å². The number of aryl methyl sites for hydroxylation is 1. The SMILES string of the molecule is Cc1cc2c(cc1C(=O)NCC1CCNC1)OCO2. The molecule has 1 unspecified atom stereocenters. The molecule has 1 aromatic carbocycles. The Labute approximate surface area is 112 Å². The lowest BCUT2D eigenvalue weighted by Gasteiger charge is -2.12. The molecule has 1 atom stereocenters. The van der Waals surface area contributed by atoms with Crippen molar-refractivity contribution in [2.75, 3.05) is 26.4 Å². The Morgan fingerprint density at radius 3 is 2.95 bits per heavy atom. The van der Waals surface area contributed by atoms with Crippen LogP contribution in [0.3, 0.4) is 0 Å². The summed E-state index contributed by atoms with van der Waals surface area (Å²) >= 11 is 0. The molecule has 3 rings (SSSR count). The number of ether oxygens (including phenoxy) is 2. The lowest BCUT2D eigenvalue weighted by atomic mass is 10.1. The first kappa shape index (κ1) is 12.3. The van der Waals surface area contributed by atoms with Crippen molar-refractivity contribution in [3.8, 4) is 11.5 Å². The van der Waals surface area contributed by atoms with Gasteiger partial charge in [-0.15, -0.1) is 0 Å². The van der Waals surface area contributed by atoms with Crippen molar-refractivity contribution in [3.63, 3.8) is 0 Å². The molecule has 0 saturated carbocycles. The summed E-state index contributed by atoms with van der Waals surface area (Å²) < 4.78 is 10.6. The molecular weight excluding hydrogens is 244 g/mol. The lowest BCUT2D eigenvalue weighted by Crippen LogP contribution is -2.30. The van der Waals surface area contributed by atoms with E-state index >= 15 is 0 Å². The zero-order chi connectivity index (χ0) is 13.2. The Balaban J connectivity index is 1.69. The molecular formula is C14H18N2O3. The van der Waals surface area contributed by atoms with Crippen molar-refractivity contribution < 1.29 is 14.3 Å². The maximum absolute atomic E-state index is 12.2. The van der Waals surface area contributed by atoms with Crippen molar-refractivity contribution in [3.05, 3.63) is 23.3 Å². The first-order chi connectivity index (χ1) is 9.24. The van der Waals surface area contributed by atoms with Crippen LogP contribution in [0, 0.1) is 12.8 Å². The van der Waals surface area contributed by atoms with Gasteiger partial charge in [-0.1, -0.05) is 0 Å². The van der Waals surface area contributed by atoms with Gasteiger partial charge in [-0.2, -0.15) is 0 Å². The fraction of sp³-hybridized carbons (Fsp3) is 0.500. The third kappa shape index (κ3) is 2.51. The molecule has 19 heavy (non-hydrogen) atoms.